The van der Waals surface area contributed by atoms with Crippen LogP contribution in [0.4, 0.5) is 5.69 Å². The summed E-state index contributed by atoms with van der Waals surface area (Å²) in [5.41, 5.74) is 0.825. The molecule has 2 aromatic heterocycles. The molecule has 0 unspecified atom stereocenters. The lowest BCUT2D eigenvalue weighted by Gasteiger charge is -2.09. The number of nitrogens with zero attached hydrogens (tertiary/aromatic N) is 2. The zero-order valence-corrected chi connectivity index (χ0v) is 17.7. The van der Waals surface area contributed by atoms with Crippen molar-refractivity contribution in [3.05, 3.63) is 46.8 Å². The van der Waals surface area contributed by atoms with Crippen molar-refractivity contribution in [3.8, 4) is 17.2 Å². The van der Waals surface area contributed by atoms with E-state index in [0.29, 0.717) is 11.4 Å². The van der Waals surface area contributed by atoms with Crippen molar-refractivity contribution < 1.29 is 22.4 Å². The Morgan fingerprint density at radius 1 is 1.31 bits per heavy atom. The van der Waals surface area contributed by atoms with Gasteiger partial charge in [0.1, 0.15) is 22.1 Å². The number of halogens is 1. The van der Waals surface area contributed by atoms with Gasteiger partial charge in [0.15, 0.2) is 5.76 Å². The summed E-state index contributed by atoms with van der Waals surface area (Å²) in [7, 11) is 0.699. The third kappa shape index (κ3) is 4.08. The minimum atomic E-state index is -3.97. The van der Waals surface area contributed by atoms with Gasteiger partial charge in [-0.25, -0.2) is 8.42 Å². The van der Waals surface area contributed by atoms with Gasteiger partial charge in [-0.05, 0) is 25.1 Å². The maximum Gasteiger partial charge on any atom is 0.265 e. The highest BCUT2D eigenvalue weighted by atomic mass is 35.5. The molecule has 11 heteroatoms. The second-order valence-electron chi connectivity index (χ2n) is 6.34. The fraction of sp³-hybridized carbons (Fsp3) is 0.222. The number of benzene rings is 1. The number of carbonyl (C=O) groups is 1. The third-order valence-corrected chi connectivity index (χ3v) is 5.87. The number of ether oxygens (including phenoxy) is 1. The molecule has 0 atom stereocenters. The Morgan fingerprint density at radius 2 is 2.03 bits per heavy atom. The van der Waals surface area contributed by atoms with E-state index in [2.05, 4.69) is 14.9 Å². The number of methoxy groups -OCH3 is 1. The van der Waals surface area contributed by atoms with Gasteiger partial charge < -0.3 is 14.1 Å². The average Bonchev–Trinajstić information content (AvgIpc) is 3.27. The minimum Gasteiger partial charge on any atom is -0.495 e. The summed E-state index contributed by atoms with van der Waals surface area (Å²) in [5, 5.41) is 6.82. The normalized spacial score (nSPS) is 11.3. The predicted molar refractivity (Wildman–Crippen MR) is 108 cm³/mol. The molecule has 2 heterocycles. The molecule has 29 heavy (non-hydrogen) atoms. The molecule has 1 aromatic carbocycles. The molecule has 3 rings (SSSR count). The third-order valence-electron chi connectivity index (χ3n) is 4.09. The van der Waals surface area contributed by atoms with Crippen molar-refractivity contribution in [1.82, 2.24) is 15.1 Å². The standard InChI is InChI=1S/C18H19ClN4O5S/c1-10-16(29(25,26)22-11-5-6-14(27-4)13(19)7-11)8-15(28-10)17-12(9-20-21-17)18(24)23(2)3/h5-9,22H,1-4H3,(H,20,21). The monoisotopic (exact) mass is 438 g/mol. The number of hydrogen-bond acceptors (Lipinski definition) is 6. The number of nitrogens with one attached hydrogen (secondary N) is 2. The van der Waals surface area contributed by atoms with E-state index in [0.717, 1.165) is 0 Å². The molecule has 0 radical (unpaired) electrons. The first-order chi connectivity index (χ1) is 13.6. The van der Waals surface area contributed by atoms with E-state index in [4.69, 9.17) is 20.8 Å². The zero-order valence-electron chi connectivity index (χ0n) is 16.1. The number of H-pyrrole nitrogens is 1. The summed E-state index contributed by atoms with van der Waals surface area (Å²) in [6.07, 6.45) is 1.36. The zero-order chi connectivity index (χ0) is 21.3. The molecule has 0 aliphatic heterocycles. The van der Waals surface area contributed by atoms with Crippen molar-refractivity contribution >= 4 is 33.2 Å². The molecule has 0 saturated carbocycles. The molecule has 0 saturated heterocycles. The Hall–Kier alpha value is -2.98. The van der Waals surface area contributed by atoms with Crippen LogP contribution in [0.2, 0.25) is 5.02 Å². The fourth-order valence-electron chi connectivity index (χ4n) is 2.67. The van der Waals surface area contributed by atoms with E-state index >= 15 is 0 Å². The van der Waals surface area contributed by atoms with Crippen molar-refractivity contribution in [2.45, 2.75) is 11.8 Å². The molecule has 1 amide bonds. The smallest absolute Gasteiger partial charge is 0.265 e. The van der Waals surface area contributed by atoms with Crippen molar-refractivity contribution in [2.24, 2.45) is 0 Å². The summed E-state index contributed by atoms with van der Waals surface area (Å²) in [4.78, 5) is 13.6. The fourth-order valence-corrected chi connectivity index (χ4v) is 4.16. The molecule has 9 nitrogen and oxygen atoms in total. The summed E-state index contributed by atoms with van der Waals surface area (Å²) >= 11 is 6.05. The van der Waals surface area contributed by atoms with E-state index < -0.39 is 10.0 Å². The lowest BCUT2D eigenvalue weighted by atomic mass is 10.2. The first-order valence-corrected chi connectivity index (χ1v) is 10.2. The highest BCUT2D eigenvalue weighted by Crippen LogP contribution is 2.32. The molecule has 0 aliphatic carbocycles. The summed E-state index contributed by atoms with van der Waals surface area (Å²) in [6, 6.07) is 5.86. The molecule has 2 N–H and O–H groups in total. The summed E-state index contributed by atoms with van der Waals surface area (Å²) in [5.74, 6) is 0.468. The molecule has 0 bridgehead atoms. The molecule has 154 valence electrons. The quantitative estimate of drug-likeness (QED) is 0.610. The number of amides is 1. The Morgan fingerprint density at radius 3 is 2.66 bits per heavy atom. The van der Waals surface area contributed by atoms with E-state index in [1.165, 1.54) is 43.3 Å². The topological polar surface area (TPSA) is 118 Å². The Kier molecular flexibility index (Phi) is 5.58. The van der Waals surface area contributed by atoms with Crippen LogP contribution >= 0.6 is 11.6 Å². The van der Waals surface area contributed by atoms with Gasteiger partial charge in [0, 0.05) is 20.2 Å². The molecule has 3 aromatic rings. The predicted octanol–water partition coefficient (Wildman–Crippen LogP) is 3.14. The van der Waals surface area contributed by atoms with Gasteiger partial charge in [-0.3, -0.25) is 14.6 Å². The van der Waals surface area contributed by atoms with Crippen LogP contribution in [-0.2, 0) is 10.0 Å². The van der Waals surface area contributed by atoms with Gasteiger partial charge in [0.05, 0.1) is 29.6 Å². The first kappa shape index (κ1) is 20.7. The number of aromatic amines is 1. The lowest BCUT2D eigenvalue weighted by Crippen LogP contribution is -2.21. The molecule has 0 aliphatic rings. The summed E-state index contributed by atoms with van der Waals surface area (Å²) in [6.45, 7) is 1.52. The van der Waals surface area contributed by atoms with Crippen LogP contribution in [-0.4, -0.2) is 50.6 Å². The van der Waals surface area contributed by atoms with Crippen LogP contribution in [0.3, 0.4) is 0 Å². The number of carbonyl (C=O) groups excluding carboxylic acids is 1. The number of anilines is 1. The van der Waals surface area contributed by atoms with E-state index in [9.17, 15) is 13.2 Å². The average molecular weight is 439 g/mol. The second-order valence-corrected chi connectivity index (χ2v) is 8.40. The minimum absolute atomic E-state index is 0.0720. The maximum absolute atomic E-state index is 12.9. The van der Waals surface area contributed by atoms with Gasteiger partial charge in [0.2, 0.25) is 0 Å². The van der Waals surface area contributed by atoms with Crippen LogP contribution in [0, 0.1) is 6.92 Å². The van der Waals surface area contributed by atoms with Gasteiger partial charge in [-0.2, -0.15) is 5.10 Å². The molecule has 0 spiro atoms. The van der Waals surface area contributed by atoms with E-state index in [1.807, 2.05) is 0 Å². The van der Waals surface area contributed by atoms with Gasteiger partial charge in [-0.1, -0.05) is 11.6 Å². The lowest BCUT2D eigenvalue weighted by molar-refractivity contribution is 0.0828. The molecule has 0 fully saturated rings. The SMILES string of the molecule is COc1ccc(NS(=O)(=O)c2cc(-c3[nH]ncc3C(=O)N(C)C)oc2C)cc1Cl. The number of furan rings is 1. The molecular weight excluding hydrogens is 420 g/mol. The highest BCUT2D eigenvalue weighted by Gasteiger charge is 2.26. The first-order valence-electron chi connectivity index (χ1n) is 8.36. The highest BCUT2D eigenvalue weighted by molar-refractivity contribution is 7.92. The Labute approximate surface area is 172 Å². The van der Waals surface area contributed by atoms with Crippen molar-refractivity contribution in [1.29, 1.82) is 0 Å². The Balaban J connectivity index is 1.95. The van der Waals surface area contributed by atoms with Crippen LogP contribution in [0.15, 0.2) is 39.8 Å². The van der Waals surface area contributed by atoms with E-state index in [1.54, 1.807) is 20.2 Å². The maximum atomic E-state index is 12.9. The van der Waals surface area contributed by atoms with Crippen LogP contribution < -0.4 is 9.46 Å². The van der Waals surface area contributed by atoms with Crippen molar-refractivity contribution in [3.63, 3.8) is 0 Å². The van der Waals surface area contributed by atoms with Gasteiger partial charge >= 0.3 is 0 Å². The van der Waals surface area contributed by atoms with Crippen LogP contribution in [0.1, 0.15) is 16.1 Å². The van der Waals surface area contributed by atoms with Crippen LogP contribution in [0.5, 0.6) is 5.75 Å². The second kappa shape index (κ2) is 7.80. The van der Waals surface area contributed by atoms with Gasteiger partial charge in [-0.15, -0.1) is 0 Å². The number of hydrogen-bond donors (Lipinski definition) is 2. The van der Waals surface area contributed by atoms with Gasteiger partial charge in [0.25, 0.3) is 15.9 Å². The largest absolute Gasteiger partial charge is 0.495 e. The number of rotatable bonds is 6. The van der Waals surface area contributed by atoms with E-state index in [-0.39, 0.29) is 38.6 Å². The number of aryl methyl sites for hydroxylation is 1. The molecular formula is C18H19ClN4O5S. The number of aromatic nitrogens is 2. The summed E-state index contributed by atoms with van der Waals surface area (Å²) < 4.78 is 38.8. The van der Waals surface area contributed by atoms with Crippen LogP contribution in [0.25, 0.3) is 11.5 Å². The number of sulfonamides is 1. The Bertz CT molecular complexity index is 1170. The van der Waals surface area contributed by atoms with Crippen molar-refractivity contribution in [2.75, 3.05) is 25.9 Å².